The molecule has 4 aromatic carbocycles. The second-order valence-corrected chi connectivity index (χ2v) is 9.14. The number of H-pyrrole nitrogens is 1. The SMILES string of the molecule is [2H]C([2H])([2H])Oc1cc2c(=O)[nH]cnc2cc1OCc1ccccc1.[2H]C([2H])([2H])Oc1cc2c(Cl)ncnc2cc1OCc1ccccc1. The van der Waals surface area contributed by atoms with E-state index in [-0.39, 0.29) is 52.3 Å². The van der Waals surface area contributed by atoms with Crippen LogP contribution < -0.4 is 24.5 Å². The molecule has 0 aliphatic heterocycles. The summed E-state index contributed by atoms with van der Waals surface area (Å²) in [6.45, 7) is 0.495. The Bertz CT molecular complexity index is 2060. The van der Waals surface area contributed by atoms with Crippen molar-refractivity contribution in [3.05, 3.63) is 124 Å². The summed E-state index contributed by atoms with van der Waals surface area (Å²) < 4.78 is 65.2. The zero-order chi connectivity index (χ0) is 34.3. The number of ether oxygens (including phenoxy) is 4. The van der Waals surface area contributed by atoms with Crippen LogP contribution in [-0.4, -0.2) is 34.0 Å². The van der Waals surface area contributed by atoms with Gasteiger partial charge in [-0.2, -0.15) is 0 Å². The molecule has 0 unspecified atom stereocenters. The molecular formula is C32H27ClN4O5. The lowest BCUT2D eigenvalue weighted by Crippen LogP contribution is -2.07. The van der Waals surface area contributed by atoms with E-state index in [9.17, 15) is 4.79 Å². The van der Waals surface area contributed by atoms with Gasteiger partial charge < -0.3 is 23.9 Å². The van der Waals surface area contributed by atoms with Gasteiger partial charge in [-0.25, -0.2) is 15.0 Å². The summed E-state index contributed by atoms with van der Waals surface area (Å²) in [5.41, 5.74) is 2.40. The number of hydrogen-bond donors (Lipinski definition) is 1. The molecule has 212 valence electrons. The number of nitrogens with one attached hydrogen (secondary N) is 1. The van der Waals surface area contributed by atoms with Gasteiger partial charge in [0.15, 0.2) is 23.0 Å². The number of rotatable bonds is 8. The molecule has 10 heteroatoms. The summed E-state index contributed by atoms with van der Waals surface area (Å²) >= 11 is 6.04. The Kier molecular flexibility index (Phi) is 6.92. The highest BCUT2D eigenvalue weighted by Crippen LogP contribution is 2.34. The average Bonchev–Trinajstić information content (AvgIpc) is 3.03. The van der Waals surface area contributed by atoms with Crippen LogP contribution in [0.3, 0.4) is 0 Å². The van der Waals surface area contributed by atoms with E-state index in [4.69, 9.17) is 38.8 Å². The van der Waals surface area contributed by atoms with E-state index < -0.39 is 14.1 Å². The number of benzene rings is 4. The minimum absolute atomic E-state index is 0.0306. The maximum atomic E-state index is 11.9. The second kappa shape index (κ2) is 13.5. The van der Waals surface area contributed by atoms with Crippen LogP contribution in [0.5, 0.6) is 23.0 Å². The Morgan fingerprint density at radius 3 is 1.83 bits per heavy atom. The van der Waals surface area contributed by atoms with E-state index in [0.29, 0.717) is 16.4 Å². The van der Waals surface area contributed by atoms with Gasteiger partial charge in [0.1, 0.15) is 24.7 Å². The van der Waals surface area contributed by atoms with E-state index >= 15 is 0 Å². The van der Waals surface area contributed by atoms with E-state index in [1.165, 1.54) is 30.9 Å². The molecule has 1 N–H and O–H groups in total. The Labute approximate surface area is 255 Å². The van der Waals surface area contributed by atoms with Gasteiger partial charge >= 0.3 is 0 Å². The van der Waals surface area contributed by atoms with Gasteiger partial charge in [-0.15, -0.1) is 0 Å². The van der Waals surface area contributed by atoms with Crippen LogP contribution >= 0.6 is 11.6 Å². The number of fused-ring (bicyclic) bond motifs is 2. The van der Waals surface area contributed by atoms with Crippen LogP contribution in [0.4, 0.5) is 0 Å². The third kappa shape index (κ3) is 6.76. The topological polar surface area (TPSA) is 108 Å². The van der Waals surface area contributed by atoms with Crippen molar-refractivity contribution in [1.29, 1.82) is 0 Å². The summed E-state index contributed by atoms with van der Waals surface area (Å²) in [6, 6.07) is 24.8. The maximum Gasteiger partial charge on any atom is 0.258 e. The normalized spacial score (nSPS) is 13.3. The van der Waals surface area contributed by atoms with Crippen molar-refractivity contribution >= 4 is 33.4 Å². The zero-order valence-corrected chi connectivity index (χ0v) is 22.7. The van der Waals surface area contributed by atoms with Crippen LogP contribution in [-0.2, 0) is 13.2 Å². The second-order valence-electron chi connectivity index (χ2n) is 8.78. The first-order chi connectivity index (χ1) is 22.8. The van der Waals surface area contributed by atoms with E-state index in [2.05, 4.69) is 19.9 Å². The molecule has 0 amide bonds. The first-order valence-electron chi connectivity index (χ1n) is 15.5. The summed E-state index contributed by atoms with van der Waals surface area (Å²) in [5, 5.41) is 0.930. The van der Waals surface area contributed by atoms with Gasteiger partial charge in [0.25, 0.3) is 5.56 Å². The van der Waals surface area contributed by atoms with Gasteiger partial charge in [-0.3, -0.25) is 4.79 Å². The van der Waals surface area contributed by atoms with Crippen LogP contribution in [0, 0.1) is 0 Å². The number of aromatic amines is 1. The zero-order valence-electron chi connectivity index (χ0n) is 27.9. The van der Waals surface area contributed by atoms with Crippen LogP contribution in [0.1, 0.15) is 19.4 Å². The molecular weight excluding hydrogens is 556 g/mol. The lowest BCUT2D eigenvalue weighted by Gasteiger charge is -2.12. The third-order valence-electron chi connectivity index (χ3n) is 6.05. The minimum Gasteiger partial charge on any atom is -0.493 e. The first kappa shape index (κ1) is 21.6. The molecule has 0 radical (unpaired) electrons. The molecule has 6 aromatic rings. The fourth-order valence-electron chi connectivity index (χ4n) is 3.96. The minimum atomic E-state index is -2.66. The molecule has 0 aliphatic rings. The highest BCUT2D eigenvalue weighted by molar-refractivity contribution is 6.34. The molecule has 42 heavy (non-hydrogen) atoms. The fraction of sp³-hybridized carbons (Fsp3) is 0.125. The lowest BCUT2D eigenvalue weighted by molar-refractivity contribution is 0.285. The average molecular weight is 589 g/mol. The number of methoxy groups -OCH3 is 2. The number of aromatic nitrogens is 4. The van der Waals surface area contributed by atoms with Gasteiger partial charge in [-0.05, 0) is 23.3 Å². The van der Waals surface area contributed by atoms with Gasteiger partial charge in [0.05, 0.1) is 45.0 Å². The van der Waals surface area contributed by atoms with Crippen molar-refractivity contribution in [1.82, 2.24) is 19.9 Å². The number of nitrogens with zero attached hydrogens (tertiary/aromatic N) is 3. The highest BCUT2D eigenvalue weighted by atomic mass is 35.5. The van der Waals surface area contributed by atoms with Crippen molar-refractivity contribution in [3.8, 4) is 23.0 Å². The summed E-state index contributed by atoms with van der Waals surface area (Å²) in [7, 11) is -5.27. The van der Waals surface area contributed by atoms with Crippen molar-refractivity contribution in [3.63, 3.8) is 0 Å². The molecule has 0 saturated carbocycles. The molecule has 0 aliphatic carbocycles. The quantitative estimate of drug-likeness (QED) is 0.204. The Hall–Kier alpha value is -5.15. The molecule has 0 fully saturated rings. The third-order valence-corrected chi connectivity index (χ3v) is 6.35. The fourth-order valence-corrected chi connectivity index (χ4v) is 4.16. The number of halogens is 1. The molecule has 0 bridgehead atoms. The van der Waals surface area contributed by atoms with Crippen LogP contribution in [0.25, 0.3) is 21.8 Å². The van der Waals surface area contributed by atoms with Gasteiger partial charge in [0, 0.05) is 17.5 Å². The molecule has 2 heterocycles. The summed E-state index contributed by atoms with van der Waals surface area (Å²) in [6.07, 6.45) is 2.60. The summed E-state index contributed by atoms with van der Waals surface area (Å²) in [4.78, 5) is 26.4. The molecule has 9 nitrogen and oxygen atoms in total. The predicted octanol–water partition coefficient (Wildman–Crippen LogP) is 6.38. The van der Waals surface area contributed by atoms with E-state index in [1.54, 1.807) is 6.07 Å². The van der Waals surface area contributed by atoms with Gasteiger partial charge in [0.2, 0.25) is 0 Å². The van der Waals surface area contributed by atoms with E-state index in [0.717, 1.165) is 11.1 Å². The van der Waals surface area contributed by atoms with Crippen molar-refractivity contribution < 1.29 is 27.2 Å². The molecule has 0 atom stereocenters. The van der Waals surface area contributed by atoms with Crippen molar-refractivity contribution in [2.75, 3.05) is 14.1 Å². The largest absolute Gasteiger partial charge is 0.493 e. The summed E-state index contributed by atoms with van der Waals surface area (Å²) in [5.74, 6) is 0.518. The smallest absolute Gasteiger partial charge is 0.258 e. The Balaban J connectivity index is 0.000000188. The van der Waals surface area contributed by atoms with Gasteiger partial charge in [-0.1, -0.05) is 72.3 Å². The van der Waals surface area contributed by atoms with Crippen LogP contribution in [0.2, 0.25) is 5.15 Å². The van der Waals surface area contributed by atoms with Crippen molar-refractivity contribution in [2.45, 2.75) is 13.2 Å². The molecule has 0 spiro atoms. The predicted molar refractivity (Wildman–Crippen MR) is 162 cm³/mol. The monoisotopic (exact) mass is 588 g/mol. The van der Waals surface area contributed by atoms with E-state index in [1.807, 2.05) is 60.7 Å². The van der Waals surface area contributed by atoms with Crippen LogP contribution in [0.15, 0.2) is 102 Å². The Morgan fingerprint density at radius 1 is 0.714 bits per heavy atom. The Morgan fingerprint density at radius 2 is 1.26 bits per heavy atom. The molecule has 6 rings (SSSR count). The highest BCUT2D eigenvalue weighted by Gasteiger charge is 2.12. The molecule has 2 aromatic heterocycles. The lowest BCUT2D eigenvalue weighted by atomic mass is 10.2. The first-order valence-corrected chi connectivity index (χ1v) is 12.9. The maximum absolute atomic E-state index is 11.9. The standard InChI is InChI=1S/C16H13ClN2O2.C16H14N2O3/c1-20-14-7-12-13(18-10-19-16(12)17)8-15(14)21-9-11-5-3-2-4-6-11;1-20-14-7-12-13(17-10-18-16(12)19)8-15(14)21-9-11-5-3-2-4-6-11/h2-8,10H,9H2,1H3;2-8,10H,9H2,1H3,(H,17,18,19)/i2*1D3. The molecule has 0 saturated heterocycles. The number of hydrogen-bond acceptors (Lipinski definition) is 8. The van der Waals surface area contributed by atoms with Crippen molar-refractivity contribution in [2.24, 2.45) is 0 Å².